The summed E-state index contributed by atoms with van der Waals surface area (Å²) in [4.78, 5) is 16.6. The molecule has 128 valence electrons. The standard InChI is InChI=1S/C20H19ClN2O2/c1-4-25-20(24)14-5-7-18-16(11-14)19(10-13(3)22-18)23-17-8-6-15(21)9-12(17)2/h5-11H,4H2,1-3H3,(H,22,23). The van der Waals surface area contributed by atoms with E-state index in [1.54, 1.807) is 13.0 Å². The summed E-state index contributed by atoms with van der Waals surface area (Å²) < 4.78 is 5.10. The van der Waals surface area contributed by atoms with E-state index < -0.39 is 0 Å². The van der Waals surface area contributed by atoms with Gasteiger partial charge in [-0.3, -0.25) is 4.98 Å². The third kappa shape index (κ3) is 3.74. The van der Waals surface area contributed by atoms with Crippen LogP contribution in [-0.2, 0) is 4.74 Å². The van der Waals surface area contributed by atoms with Gasteiger partial charge < -0.3 is 10.1 Å². The van der Waals surface area contributed by atoms with Crippen molar-refractivity contribution in [2.24, 2.45) is 0 Å². The number of hydrogen-bond acceptors (Lipinski definition) is 4. The molecule has 2 aromatic carbocycles. The van der Waals surface area contributed by atoms with E-state index in [0.29, 0.717) is 17.2 Å². The molecule has 1 heterocycles. The van der Waals surface area contributed by atoms with Crippen molar-refractivity contribution in [3.8, 4) is 0 Å². The highest BCUT2D eigenvalue weighted by Gasteiger charge is 2.11. The number of nitrogens with one attached hydrogen (secondary N) is 1. The molecule has 4 nitrogen and oxygen atoms in total. The van der Waals surface area contributed by atoms with E-state index >= 15 is 0 Å². The molecule has 0 spiro atoms. The zero-order valence-electron chi connectivity index (χ0n) is 14.4. The molecule has 0 saturated carbocycles. The van der Waals surface area contributed by atoms with Gasteiger partial charge in [0.15, 0.2) is 0 Å². The number of fused-ring (bicyclic) bond motifs is 1. The maximum Gasteiger partial charge on any atom is 0.338 e. The Balaban J connectivity index is 2.09. The first-order chi connectivity index (χ1) is 12.0. The van der Waals surface area contributed by atoms with Crippen molar-refractivity contribution in [1.29, 1.82) is 0 Å². The van der Waals surface area contributed by atoms with Crippen LogP contribution in [0.5, 0.6) is 0 Å². The number of carbonyl (C=O) groups is 1. The van der Waals surface area contributed by atoms with Crippen molar-refractivity contribution in [2.45, 2.75) is 20.8 Å². The number of carbonyl (C=O) groups excluding carboxylic acids is 1. The molecule has 0 unspecified atom stereocenters. The molecule has 0 aliphatic carbocycles. The lowest BCUT2D eigenvalue weighted by Gasteiger charge is -2.14. The van der Waals surface area contributed by atoms with Crippen LogP contribution in [0.15, 0.2) is 42.5 Å². The Hall–Kier alpha value is -2.59. The van der Waals surface area contributed by atoms with Crippen molar-refractivity contribution in [1.82, 2.24) is 4.98 Å². The van der Waals surface area contributed by atoms with Gasteiger partial charge in [0.05, 0.1) is 17.7 Å². The molecule has 0 bridgehead atoms. The maximum absolute atomic E-state index is 12.0. The van der Waals surface area contributed by atoms with E-state index in [-0.39, 0.29) is 5.97 Å². The predicted molar refractivity (Wildman–Crippen MR) is 102 cm³/mol. The Kier molecular flexibility index (Phi) is 4.91. The fourth-order valence-corrected chi connectivity index (χ4v) is 2.94. The summed E-state index contributed by atoms with van der Waals surface area (Å²) in [5, 5.41) is 4.99. The third-order valence-corrected chi connectivity index (χ3v) is 4.14. The van der Waals surface area contributed by atoms with Crippen molar-refractivity contribution in [3.05, 3.63) is 64.3 Å². The number of aryl methyl sites for hydroxylation is 2. The van der Waals surface area contributed by atoms with Gasteiger partial charge in [0.1, 0.15) is 0 Å². The summed E-state index contributed by atoms with van der Waals surface area (Å²) >= 11 is 6.04. The summed E-state index contributed by atoms with van der Waals surface area (Å²) in [7, 11) is 0. The first kappa shape index (κ1) is 17.2. The topological polar surface area (TPSA) is 51.2 Å². The molecule has 0 amide bonds. The molecule has 0 radical (unpaired) electrons. The molecular weight excluding hydrogens is 336 g/mol. The zero-order chi connectivity index (χ0) is 18.0. The third-order valence-electron chi connectivity index (χ3n) is 3.91. The number of ether oxygens (including phenoxy) is 1. The Morgan fingerprint density at radius 2 is 1.92 bits per heavy atom. The number of hydrogen-bond donors (Lipinski definition) is 1. The highest BCUT2D eigenvalue weighted by Crippen LogP contribution is 2.30. The van der Waals surface area contributed by atoms with Gasteiger partial charge in [0.2, 0.25) is 0 Å². The normalized spacial score (nSPS) is 10.7. The first-order valence-electron chi connectivity index (χ1n) is 8.09. The average Bonchev–Trinajstić information content (AvgIpc) is 2.57. The van der Waals surface area contributed by atoms with Crippen LogP contribution < -0.4 is 5.32 Å². The smallest absolute Gasteiger partial charge is 0.338 e. The van der Waals surface area contributed by atoms with Crippen LogP contribution >= 0.6 is 11.6 Å². The summed E-state index contributed by atoms with van der Waals surface area (Å²) in [6.07, 6.45) is 0. The highest BCUT2D eigenvalue weighted by molar-refractivity contribution is 6.30. The first-order valence-corrected chi connectivity index (χ1v) is 8.47. The SMILES string of the molecule is CCOC(=O)c1ccc2nc(C)cc(Nc3ccc(Cl)cc3C)c2c1. The van der Waals surface area contributed by atoms with E-state index in [2.05, 4.69) is 10.3 Å². The molecule has 0 fully saturated rings. The van der Waals surface area contributed by atoms with Crippen molar-refractivity contribution < 1.29 is 9.53 Å². The van der Waals surface area contributed by atoms with Gasteiger partial charge in [-0.05, 0) is 68.8 Å². The van der Waals surface area contributed by atoms with Crippen molar-refractivity contribution in [3.63, 3.8) is 0 Å². The second-order valence-corrected chi connectivity index (χ2v) is 6.28. The number of halogens is 1. The van der Waals surface area contributed by atoms with Gasteiger partial charge in [-0.25, -0.2) is 4.79 Å². The minimum atomic E-state index is -0.335. The van der Waals surface area contributed by atoms with Gasteiger partial charge in [0, 0.05) is 27.5 Å². The Morgan fingerprint density at radius 1 is 1.12 bits per heavy atom. The highest BCUT2D eigenvalue weighted by atomic mass is 35.5. The van der Waals surface area contributed by atoms with Gasteiger partial charge in [-0.1, -0.05) is 11.6 Å². The van der Waals surface area contributed by atoms with E-state index in [1.165, 1.54) is 0 Å². The van der Waals surface area contributed by atoms with Crippen LogP contribution in [0, 0.1) is 13.8 Å². The number of aromatic nitrogens is 1. The number of anilines is 2. The van der Waals surface area contributed by atoms with Crippen molar-refractivity contribution >= 4 is 39.8 Å². The van der Waals surface area contributed by atoms with E-state index in [1.807, 2.05) is 50.2 Å². The number of rotatable bonds is 4. The average molecular weight is 355 g/mol. The van der Waals surface area contributed by atoms with Crippen molar-refractivity contribution in [2.75, 3.05) is 11.9 Å². The Labute approximate surface area is 151 Å². The maximum atomic E-state index is 12.0. The number of nitrogens with zero attached hydrogens (tertiary/aromatic N) is 1. The second-order valence-electron chi connectivity index (χ2n) is 5.85. The lowest BCUT2D eigenvalue weighted by atomic mass is 10.1. The lowest BCUT2D eigenvalue weighted by molar-refractivity contribution is 0.0526. The van der Waals surface area contributed by atoms with Crippen LogP contribution in [0.3, 0.4) is 0 Å². The van der Waals surface area contributed by atoms with E-state index in [4.69, 9.17) is 16.3 Å². The minimum Gasteiger partial charge on any atom is -0.462 e. The summed E-state index contributed by atoms with van der Waals surface area (Å²) in [6, 6.07) is 13.0. The van der Waals surface area contributed by atoms with E-state index in [9.17, 15) is 4.79 Å². The number of pyridine rings is 1. The summed E-state index contributed by atoms with van der Waals surface area (Å²) in [5.74, 6) is -0.335. The van der Waals surface area contributed by atoms with E-state index in [0.717, 1.165) is 33.5 Å². The molecule has 3 rings (SSSR count). The molecule has 0 aliphatic heterocycles. The zero-order valence-corrected chi connectivity index (χ0v) is 15.1. The Bertz CT molecular complexity index is 954. The molecule has 0 atom stereocenters. The molecule has 0 saturated heterocycles. The fourth-order valence-electron chi connectivity index (χ4n) is 2.72. The number of esters is 1. The number of benzene rings is 2. The lowest BCUT2D eigenvalue weighted by Crippen LogP contribution is -2.05. The quantitative estimate of drug-likeness (QED) is 0.635. The molecule has 25 heavy (non-hydrogen) atoms. The minimum absolute atomic E-state index is 0.335. The molecule has 1 aromatic heterocycles. The second kappa shape index (κ2) is 7.11. The largest absolute Gasteiger partial charge is 0.462 e. The molecule has 5 heteroatoms. The van der Waals surface area contributed by atoms with Gasteiger partial charge in [-0.15, -0.1) is 0 Å². The van der Waals surface area contributed by atoms with Crippen LogP contribution in [0.4, 0.5) is 11.4 Å². The monoisotopic (exact) mass is 354 g/mol. The summed E-state index contributed by atoms with van der Waals surface area (Å²) in [6.45, 7) is 6.07. The fraction of sp³-hybridized carbons (Fsp3) is 0.200. The van der Waals surface area contributed by atoms with Crippen LogP contribution in [0.25, 0.3) is 10.9 Å². The molecule has 0 aliphatic rings. The molecular formula is C20H19ClN2O2. The molecule has 3 aromatic rings. The van der Waals surface area contributed by atoms with Crippen LogP contribution in [0.1, 0.15) is 28.5 Å². The Morgan fingerprint density at radius 3 is 2.64 bits per heavy atom. The van der Waals surface area contributed by atoms with Gasteiger partial charge in [-0.2, -0.15) is 0 Å². The van der Waals surface area contributed by atoms with Gasteiger partial charge in [0.25, 0.3) is 0 Å². The van der Waals surface area contributed by atoms with Crippen LogP contribution in [-0.4, -0.2) is 17.6 Å². The van der Waals surface area contributed by atoms with Gasteiger partial charge >= 0.3 is 5.97 Å². The summed E-state index contributed by atoms with van der Waals surface area (Å²) in [5.41, 5.74) is 5.11. The van der Waals surface area contributed by atoms with Crippen LogP contribution in [0.2, 0.25) is 5.02 Å². The molecule has 1 N–H and O–H groups in total. The predicted octanol–water partition coefficient (Wildman–Crippen LogP) is 5.43.